The molecule has 0 aromatic heterocycles. The number of benzene rings is 2. The normalized spacial score (nSPS) is 13.4. The van der Waals surface area contributed by atoms with Gasteiger partial charge in [0, 0.05) is 22.9 Å². The van der Waals surface area contributed by atoms with E-state index in [1.54, 1.807) is 24.3 Å². The van der Waals surface area contributed by atoms with E-state index in [0.29, 0.717) is 11.3 Å². The lowest BCUT2D eigenvalue weighted by Gasteiger charge is -2.09. The highest BCUT2D eigenvalue weighted by Gasteiger charge is 2.23. The second-order valence-electron chi connectivity index (χ2n) is 5.69. The molecule has 0 heterocycles. The molecular formula is C18H16F2N2O3. The molecule has 25 heavy (non-hydrogen) atoms. The molecular weight excluding hydrogens is 330 g/mol. The van der Waals surface area contributed by atoms with Crippen molar-refractivity contribution in [3.8, 4) is 5.75 Å². The molecule has 130 valence electrons. The molecule has 0 aliphatic heterocycles. The van der Waals surface area contributed by atoms with E-state index < -0.39 is 12.5 Å². The largest absolute Gasteiger partial charge is 0.435 e. The maximum Gasteiger partial charge on any atom is 0.387 e. The van der Waals surface area contributed by atoms with Gasteiger partial charge in [0.05, 0.1) is 0 Å². The molecule has 0 radical (unpaired) electrons. The lowest BCUT2D eigenvalue weighted by molar-refractivity contribution is -0.0498. The number of hydrogen-bond donors (Lipinski definition) is 2. The minimum atomic E-state index is -2.95. The average Bonchev–Trinajstić information content (AvgIpc) is 3.39. The Morgan fingerprint density at radius 2 is 1.72 bits per heavy atom. The summed E-state index contributed by atoms with van der Waals surface area (Å²) in [7, 11) is 0. The summed E-state index contributed by atoms with van der Waals surface area (Å²) in [5.41, 5.74) is 1.19. The van der Waals surface area contributed by atoms with E-state index in [1.165, 1.54) is 24.3 Å². The van der Waals surface area contributed by atoms with Crippen molar-refractivity contribution >= 4 is 17.5 Å². The van der Waals surface area contributed by atoms with Crippen LogP contribution in [0.1, 0.15) is 33.6 Å². The molecule has 3 rings (SSSR count). The Kier molecular flexibility index (Phi) is 4.92. The molecule has 2 aromatic carbocycles. The lowest BCUT2D eigenvalue weighted by Crippen LogP contribution is -2.25. The first-order valence-electron chi connectivity index (χ1n) is 7.78. The van der Waals surface area contributed by atoms with Gasteiger partial charge in [0.25, 0.3) is 11.8 Å². The summed E-state index contributed by atoms with van der Waals surface area (Å²) in [4.78, 5) is 24.1. The molecule has 7 heteroatoms. The Balaban J connectivity index is 1.63. The topological polar surface area (TPSA) is 67.4 Å². The summed E-state index contributed by atoms with van der Waals surface area (Å²) in [6.07, 6.45) is 2.02. The Bertz CT molecular complexity index is 774. The van der Waals surface area contributed by atoms with Gasteiger partial charge in [-0.05, 0) is 55.3 Å². The van der Waals surface area contributed by atoms with Crippen LogP contribution in [0.5, 0.6) is 5.75 Å². The highest BCUT2D eigenvalue weighted by atomic mass is 19.3. The standard InChI is InChI=1S/C18H16F2N2O3/c19-18(20)25-15-3-1-2-12(10-15)17(24)22-13-6-4-11(5-7-13)16(23)21-14-8-9-14/h1-7,10,14,18H,8-9H2,(H,21,23)(H,22,24). The van der Waals surface area contributed by atoms with E-state index in [2.05, 4.69) is 15.4 Å². The zero-order valence-electron chi connectivity index (χ0n) is 13.2. The van der Waals surface area contributed by atoms with Gasteiger partial charge in [-0.1, -0.05) is 6.07 Å². The van der Waals surface area contributed by atoms with Gasteiger partial charge < -0.3 is 15.4 Å². The van der Waals surface area contributed by atoms with Crippen molar-refractivity contribution < 1.29 is 23.1 Å². The molecule has 2 amide bonds. The second kappa shape index (κ2) is 7.29. The van der Waals surface area contributed by atoms with Gasteiger partial charge in [0.15, 0.2) is 0 Å². The first kappa shape index (κ1) is 16.9. The number of anilines is 1. The SMILES string of the molecule is O=C(Nc1ccc(C(=O)NC2CC2)cc1)c1cccc(OC(F)F)c1. The number of carbonyl (C=O) groups excluding carboxylic acids is 2. The van der Waals surface area contributed by atoms with Gasteiger partial charge in [0.2, 0.25) is 0 Å². The highest BCUT2D eigenvalue weighted by molar-refractivity contribution is 6.04. The van der Waals surface area contributed by atoms with Gasteiger partial charge in [-0.25, -0.2) is 0 Å². The number of carbonyl (C=O) groups is 2. The third-order valence-electron chi connectivity index (χ3n) is 3.64. The zero-order chi connectivity index (χ0) is 17.8. The van der Waals surface area contributed by atoms with Crippen LogP contribution in [0, 0.1) is 0 Å². The first-order valence-corrected chi connectivity index (χ1v) is 7.78. The van der Waals surface area contributed by atoms with Crippen LogP contribution in [0.3, 0.4) is 0 Å². The van der Waals surface area contributed by atoms with Crippen molar-refractivity contribution in [3.63, 3.8) is 0 Å². The smallest absolute Gasteiger partial charge is 0.387 e. The Hall–Kier alpha value is -2.96. The monoisotopic (exact) mass is 346 g/mol. The van der Waals surface area contributed by atoms with Crippen LogP contribution < -0.4 is 15.4 Å². The van der Waals surface area contributed by atoms with Crippen LogP contribution in [-0.4, -0.2) is 24.5 Å². The van der Waals surface area contributed by atoms with E-state index in [4.69, 9.17) is 0 Å². The maximum absolute atomic E-state index is 12.2. The van der Waals surface area contributed by atoms with Crippen LogP contribution in [0.2, 0.25) is 0 Å². The summed E-state index contributed by atoms with van der Waals surface area (Å²) in [6.45, 7) is -2.95. The van der Waals surface area contributed by atoms with Crippen molar-refractivity contribution in [2.45, 2.75) is 25.5 Å². The molecule has 0 atom stereocenters. The predicted octanol–water partition coefficient (Wildman–Crippen LogP) is 3.43. The number of amides is 2. The third-order valence-corrected chi connectivity index (χ3v) is 3.64. The number of halogens is 2. The van der Waals surface area contributed by atoms with Crippen LogP contribution in [0.25, 0.3) is 0 Å². The van der Waals surface area contributed by atoms with Crippen LogP contribution in [0.15, 0.2) is 48.5 Å². The van der Waals surface area contributed by atoms with Crippen LogP contribution in [-0.2, 0) is 0 Å². The Labute approximate surface area is 143 Å². The van der Waals surface area contributed by atoms with Gasteiger partial charge in [-0.2, -0.15) is 8.78 Å². The molecule has 2 aromatic rings. The molecule has 5 nitrogen and oxygen atoms in total. The minimum Gasteiger partial charge on any atom is -0.435 e. The third kappa shape index (κ3) is 4.76. The zero-order valence-corrected chi connectivity index (χ0v) is 13.2. The van der Waals surface area contributed by atoms with Gasteiger partial charge >= 0.3 is 6.61 Å². The molecule has 1 aliphatic carbocycles. The molecule has 1 aliphatic rings. The van der Waals surface area contributed by atoms with Crippen LogP contribution >= 0.6 is 0 Å². The first-order chi connectivity index (χ1) is 12.0. The van der Waals surface area contributed by atoms with Gasteiger partial charge in [-0.15, -0.1) is 0 Å². The minimum absolute atomic E-state index is 0.0882. The number of hydrogen-bond acceptors (Lipinski definition) is 3. The van der Waals surface area contributed by atoms with E-state index >= 15 is 0 Å². The fraction of sp³-hybridized carbons (Fsp3) is 0.222. The van der Waals surface area contributed by atoms with Crippen LogP contribution in [0.4, 0.5) is 14.5 Å². The molecule has 1 saturated carbocycles. The molecule has 2 N–H and O–H groups in total. The summed E-state index contributed by atoms with van der Waals surface area (Å²) in [5, 5.41) is 5.52. The van der Waals surface area contributed by atoms with E-state index in [-0.39, 0.29) is 23.3 Å². The molecule has 0 saturated heterocycles. The van der Waals surface area contributed by atoms with Crippen molar-refractivity contribution in [1.29, 1.82) is 0 Å². The molecule has 0 unspecified atom stereocenters. The van der Waals surface area contributed by atoms with E-state index in [1.807, 2.05) is 0 Å². The number of ether oxygens (including phenoxy) is 1. The van der Waals surface area contributed by atoms with Gasteiger partial charge in [-0.3, -0.25) is 9.59 Å². The Morgan fingerprint density at radius 3 is 2.36 bits per heavy atom. The fourth-order valence-corrected chi connectivity index (χ4v) is 2.22. The van der Waals surface area contributed by atoms with E-state index in [0.717, 1.165) is 12.8 Å². The van der Waals surface area contributed by atoms with Crippen molar-refractivity contribution in [2.24, 2.45) is 0 Å². The average molecular weight is 346 g/mol. The number of nitrogens with one attached hydrogen (secondary N) is 2. The molecule has 0 spiro atoms. The van der Waals surface area contributed by atoms with Gasteiger partial charge in [0.1, 0.15) is 5.75 Å². The summed E-state index contributed by atoms with van der Waals surface area (Å²) in [5.74, 6) is -0.693. The van der Waals surface area contributed by atoms with E-state index in [9.17, 15) is 18.4 Å². The lowest BCUT2D eigenvalue weighted by atomic mass is 10.1. The number of rotatable bonds is 6. The quantitative estimate of drug-likeness (QED) is 0.842. The fourth-order valence-electron chi connectivity index (χ4n) is 2.22. The summed E-state index contributed by atoms with van der Waals surface area (Å²) in [6, 6.07) is 12.2. The van der Waals surface area contributed by atoms with Crippen molar-refractivity contribution in [3.05, 3.63) is 59.7 Å². The summed E-state index contributed by atoms with van der Waals surface area (Å²) < 4.78 is 28.7. The second-order valence-corrected chi connectivity index (χ2v) is 5.69. The molecule has 0 bridgehead atoms. The maximum atomic E-state index is 12.2. The van der Waals surface area contributed by atoms with Crippen molar-refractivity contribution in [1.82, 2.24) is 5.32 Å². The Morgan fingerprint density at radius 1 is 1.00 bits per heavy atom. The summed E-state index contributed by atoms with van der Waals surface area (Å²) >= 11 is 0. The molecule has 1 fully saturated rings. The highest BCUT2D eigenvalue weighted by Crippen LogP contribution is 2.20. The number of alkyl halides is 2. The predicted molar refractivity (Wildman–Crippen MR) is 88.0 cm³/mol. The van der Waals surface area contributed by atoms with Crippen molar-refractivity contribution in [2.75, 3.05) is 5.32 Å².